The van der Waals surface area contributed by atoms with Crippen LogP contribution in [0.25, 0.3) is 0 Å². The van der Waals surface area contributed by atoms with Crippen LogP contribution >= 0.6 is 31.9 Å². The molecule has 0 aliphatic carbocycles. The topological polar surface area (TPSA) is 49.8 Å². The van der Waals surface area contributed by atoms with Crippen molar-refractivity contribution >= 4 is 37.5 Å². The van der Waals surface area contributed by atoms with E-state index in [0.29, 0.717) is 0 Å². The number of anilines is 1. The predicted molar refractivity (Wildman–Crippen MR) is 50.9 cm³/mol. The second-order valence-corrected chi connectivity index (χ2v) is 3.71. The molecular weight excluding hydrogens is 291 g/mol. The maximum atomic E-state index is 13.0. The van der Waals surface area contributed by atoms with Gasteiger partial charge in [-0.1, -0.05) is 0 Å². The van der Waals surface area contributed by atoms with Gasteiger partial charge < -0.3 is 5.73 Å². The van der Waals surface area contributed by atoms with Gasteiger partial charge in [0, 0.05) is 0 Å². The van der Waals surface area contributed by atoms with Gasteiger partial charge in [0.15, 0.2) is 5.82 Å². The minimum Gasteiger partial charge on any atom is -0.397 e. The fraction of sp³-hybridized carbons (Fsp3) is 0. The van der Waals surface area contributed by atoms with Crippen molar-refractivity contribution in [2.75, 3.05) is 5.73 Å². The monoisotopic (exact) mass is 292 g/mol. The number of benzene rings is 1. The fourth-order valence-corrected chi connectivity index (χ4v) is 1.82. The third kappa shape index (κ3) is 1.45. The van der Waals surface area contributed by atoms with Crippen LogP contribution in [-0.4, -0.2) is 0 Å². The van der Waals surface area contributed by atoms with E-state index in [-0.39, 0.29) is 20.2 Å². The van der Waals surface area contributed by atoms with E-state index in [1.807, 2.05) is 6.07 Å². The number of hydrogen-bond acceptors (Lipinski definition) is 2. The lowest BCUT2D eigenvalue weighted by Crippen LogP contribution is -1.95. The summed E-state index contributed by atoms with van der Waals surface area (Å²) in [6, 6.07) is 3.20. The first kappa shape index (κ1) is 9.49. The van der Waals surface area contributed by atoms with Gasteiger partial charge in [0.1, 0.15) is 6.07 Å². The summed E-state index contributed by atoms with van der Waals surface area (Å²) < 4.78 is 13.4. The molecule has 5 heteroatoms. The molecule has 2 N–H and O–H groups in total. The highest BCUT2D eigenvalue weighted by atomic mass is 79.9. The van der Waals surface area contributed by atoms with Crippen LogP contribution in [0.5, 0.6) is 0 Å². The molecule has 2 nitrogen and oxygen atoms in total. The van der Waals surface area contributed by atoms with Crippen LogP contribution in [0.15, 0.2) is 15.0 Å². The van der Waals surface area contributed by atoms with Crippen molar-refractivity contribution in [1.82, 2.24) is 0 Å². The highest BCUT2D eigenvalue weighted by Gasteiger charge is 2.11. The summed E-state index contributed by atoms with van der Waals surface area (Å²) in [5.74, 6) is -0.494. The zero-order chi connectivity index (χ0) is 9.30. The molecule has 62 valence electrons. The first-order valence-corrected chi connectivity index (χ1v) is 4.49. The van der Waals surface area contributed by atoms with Crippen LogP contribution in [0.2, 0.25) is 0 Å². The Morgan fingerprint density at radius 3 is 2.58 bits per heavy atom. The Morgan fingerprint density at radius 2 is 2.08 bits per heavy atom. The van der Waals surface area contributed by atoms with Crippen molar-refractivity contribution in [2.24, 2.45) is 0 Å². The minimum atomic E-state index is -0.494. The van der Waals surface area contributed by atoms with Crippen LogP contribution in [-0.2, 0) is 0 Å². The van der Waals surface area contributed by atoms with Crippen LogP contribution < -0.4 is 5.73 Å². The molecule has 0 saturated heterocycles. The van der Waals surface area contributed by atoms with Crippen LogP contribution in [0.3, 0.4) is 0 Å². The molecule has 0 radical (unpaired) electrons. The van der Waals surface area contributed by atoms with Gasteiger partial charge in [-0.05, 0) is 37.9 Å². The Morgan fingerprint density at radius 1 is 1.50 bits per heavy atom. The number of rotatable bonds is 0. The highest BCUT2D eigenvalue weighted by molar-refractivity contribution is 9.11. The highest BCUT2D eigenvalue weighted by Crippen LogP contribution is 2.31. The largest absolute Gasteiger partial charge is 0.397 e. The summed E-state index contributed by atoms with van der Waals surface area (Å²) in [6.45, 7) is 0. The first-order valence-electron chi connectivity index (χ1n) is 2.91. The molecule has 1 aromatic carbocycles. The van der Waals surface area contributed by atoms with Gasteiger partial charge in [-0.25, -0.2) is 4.39 Å². The van der Waals surface area contributed by atoms with E-state index < -0.39 is 5.82 Å². The van der Waals surface area contributed by atoms with Gasteiger partial charge >= 0.3 is 0 Å². The van der Waals surface area contributed by atoms with E-state index in [9.17, 15) is 4.39 Å². The number of nitrogens with zero attached hydrogens (tertiary/aromatic N) is 1. The van der Waals surface area contributed by atoms with E-state index in [1.54, 1.807) is 0 Å². The Kier molecular flexibility index (Phi) is 2.70. The number of halogens is 3. The van der Waals surface area contributed by atoms with Crippen LogP contribution in [0.4, 0.5) is 10.1 Å². The van der Waals surface area contributed by atoms with E-state index in [0.717, 1.165) is 0 Å². The van der Waals surface area contributed by atoms with Gasteiger partial charge in [0.2, 0.25) is 0 Å². The van der Waals surface area contributed by atoms with Crippen molar-refractivity contribution < 1.29 is 4.39 Å². The second kappa shape index (κ2) is 3.42. The molecule has 0 aliphatic heterocycles. The zero-order valence-corrected chi connectivity index (χ0v) is 8.91. The maximum Gasteiger partial charge on any atom is 0.153 e. The normalized spacial score (nSPS) is 9.50. The summed E-state index contributed by atoms with van der Waals surface area (Å²) in [5.41, 5.74) is 5.80. The third-order valence-corrected chi connectivity index (χ3v) is 2.67. The van der Waals surface area contributed by atoms with Crippen LogP contribution in [0.1, 0.15) is 5.56 Å². The molecule has 12 heavy (non-hydrogen) atoms. The lowest BCUT2D eigenvalue weighted by molar-refractivity contribution is 0.615. The molecule has 0 unspecified atom stereocenters. The smallest absolute Gasteiger partial charge is 0.153 e. The van der Waals surface area contributed by atoms with E-state index >= 15 is 0 Å². The maximum absolute atomic E-state index is 13.0. The average molecular weight is 294 g/mol. The second-order valence-electron chi connectivity index (χ2n) is 2.06. The molecule has 0 bridgehead atoms. The summed E-state index contributed by atoms with van der Waals surface area (Å²) in [7, 11) is 0. The van der Waals surface area contributed by atoms with Gasteiger partial charge in [-0.3, -0.25) is 0 Å². The number of nitrogen functional groups attached to an aromatic ring is 1. The summed E-state index contributed by atoms with van der Waals surface area (Å²) in [5, 5.41) is 8.56. The van der Waals surface area contributed by atoms with E-state index in [4.69, 9.17) is 11.0 Å². The van der Waals surface area contributed by atoms with Gasteiger partial charge in [0.25, 0.3) is 0 Å². The minimum absolute atomic E-state index is 0.119. The molecule has 0 fully saturated rings. The quantitative estimate of drug-likeness (QED) is 0.591. The van der Waals surface area contributed by atoms with E-state index in [2.05, 4.69) is 31.9 Å². The lowest BCUT2D eigenvalue weighted by atomic mass is 10.2. The summed E-state index contributed by atoms with van der Waals surface area (Å²) in [4.78, 5) is 0. The van der Waals surface area contributed by atoms with Gasteiger partial charge in [-0.2, -0.15) is 5.26 Å². The van der Waals surface area contributed by atoms with Crippen LogP contribution in [0, 0.1) is 17.1 Å². The lowest BCUT2D eigenvalue weighted by Gasteiger charge is -2.03. The number of nitriles is 1. The number of hydrogen-bond donors (Lipinski definition) is 1. The predicted octanol–water partition coefficient (Wildman–Crippen LogP) is 2.80. The Hall–Kier alpha value is -0.600. The molecule has 0 heterocycles. The Bertz CT molecular complexity index is 371. The van der Waals surface area contributed by atoms with E-state index in [1.165, 1.54) is 6.07 Å². The standard InChI is InChI=1S/C7H3Br2FN2/c8-4-1-3(2-11)7(12)5(9)6(4)10/h1H,12H2. The molecule has 0 aliphatic rings. The molecule has 0 aromatic heterocycles. The third-order valence-electron chi connectivity index (χ3n) is 1.32. The fourth-order valence-electron chi connectivity index (χ4n) is 0.702. The van der Waals surface area contributed by atoms with Crippen molar-refractivity contribution in [2.45, 2.75) is 0 Å². The van der Waals surface area contributed by atoms with Crippen molar-refractivity contribution in [1.29, 1.82) is 5.26 Å². The summed E-state index contributed by atoms with van der Waals surface area (Å²) >= 11 is 5.90. The average Bonchev–Trinajstić information content (AvgIpc) is 2.08. The van der Waals surface area contributed by atoms with Crippen molar-refractivity contribution in [3.8, 4) is 6.07 Å². The molecule has 0 amide bonds. The summed E-state index contributed by atoms with van der Waals surface area (Å²) in [6.07, 6.45) is 0. The van der Waals surface area contributed by atoms with Crippen molar-refractivity contribution in [3.05, 3.63) is 26.4 Å². The van der Waals surface area contributed by atoms with Gasteiger partial charge in [0.05, 0.1) is 20.2 Å². The van der Waals surface area contributed by atoms with Gasteiger partial charge in [-0.15, -0.1) is 0 Å². The molecule has 0 atom stereocenters. The SMILES string of the molecule is N#Cc1cc(Br)c(F)c(Br)c1N. The molecule has 1 aromatic rings. The Labute approximate surface area is 85.4 Å². The zero-order valence-electron chi connectivity index (χ0n) is 5.74. The first-order chi connectivity index (χ1) is 5.57. The molecule has 0 spiro atoms. The molecule has 0 saturated carbocycles. The Balaban J connectivity index is 3.52. The van der Waals surface area contributed by atoms with Crippen molar-refractivity contribution in [3.63, 3.8) is 0 Å². The number of nitrogens with two attached hydrogens (primary N) is 1. The molecular formula is C7H3Br2FN2. The molecule has 1 rings (SSSR count).